The first-order chi connectivity index (χ1) is 14.0. The Labute approximate surface area is 172 Å². The van der Waals surface area contributed by atoms with E-state index in [9.17, 15) is 9.59 Å². The van der Waals surface area contributed by atoms with Crippen molar-refractivity contribution in [3.63, 3.8) is 0 Å². The third-order valence-electron chi connectivity index (χ3n) is 8.05. The highest BCUT2D eigenvalue weighted by atomic mass is 16.5. The van der Waals surface area contributed by atoms with Gasteiger partial charge in [0.15, 0.2) is 0 Å². The number of esters is 1. The van der Waals surface area contributed by atoms with Crippen LogP contribution < -0.4 is 4.74 Å². The molecule has 0 spiro atoms. The normalized spacial score (nSPS) is 32.6. The molecule has 5 heteroatoms. The van der Waals surface area contributed by atoms with Crippen LogP contribution in [0.4, 0.5) is 0 Å². The lowest BCUT2D eigenvalue weighted by atomic mass is 9.54. The Balaban J connectivity index is 1.52. The van der Waals surface area contributed by atoms with Crippen LogP contribution in [0.1, 0.15) is 75.3 Å². The SMILES string of the molecule is CC[C@]12CC[C@@H]3c4ccc(OC)cc4CC[C@@H]3[C@@H]1CC[C@@H]2OC(=O)CCC(=O)O. The van der Waals surface area contributed by atoms with E-state index in [1.165, 1.54) is 17.5 Å². The van der Waals surface area contributed by atoms with Gasteiger partial charge in [0.25, 0.3) is 0 Å². The molecule has 2 saturated carbocycles. The lowest BCUT2D eigenvalue weighted by Crippen LogP contribution is -2.46. The van der Waals surface area contributed by atoms with Crippen LogP contribution in [0.2, 0.25) is 0 Å². The molecule has 5 nitrogen and oxygen atoms in total. The molecule has 0 saturated heterocycles. The maximum absolute atomic E-state index is 12.2. The Bertz CT molecular complexity index is 787. The first kappa shape index (κ1) is 20.2. The number of carbonyl (C=O) groups is 2. The molecule has 0 aromatic heterocycles. The second kappa shape index (κ2) is 8.00. The highest BCUT2D eigenvalue weighted by Gasteiger charge is 2.57. The molecule has 158 valence electrons. The summed E-state index contributed by atoms with van der Waals surface area (Å²) in [7, 11) is 1.72. The van der Waals surface area contributed by atoms with Gasteiger partial charge >= 0.3 is 11.9 Å². The van der Waals surface area contributed by atoms with Crippen molar-refractivity contribution in [1.82, 2.24) is 0 Å². The second-order valence-corrected chi connectivity index (χ2v) is 9.06. The summed E-state index contributed by atoms with van der Waals surface area (Å²) in [4.78, 5) is 23.0. The molecule has 1 aromatic carbocycles. The Morgan fingerprint density at radius 1 is 1.17 bits per heavy atom. The van der Waals surface area contributed by atoms with E-state index < -0.39 is 5.97 Å². The van der Waals surface area contributed by atoms with E-state index >= 15 is 0 Å². The van der Waals surface area contributed by atoms with Gasteiger partial charge in [-0.2, -0.15) is 0 Å². The fourth-order valence-corrected chi connectivity index (χ4v) is 6.72. The first-order valence-electron chi connectivity index (χ1n) is 11.1. The number of aryl methyl sites for hydroxylation is 1. The minimum Gasteiger partial charge on any atom is -0.497 e. The number of hydrogen-bond donors (Lipinski definition) is 1. The molecule has 3 aliphatic rings. The molecule has 0 amide bonds. The van der Waals surface area contributed by atoms with Gasteiger partial charge in [-0.15, -0.1) is 0 Å². The number of methoxy groups -OCH3 is 1. The summed E-state index contributed by atoms with van der Waals surface area (Å²) in [5.41, 5.74) is 2.99. The Hall–Kier alpha value is -2.04. The number of carboxylic acids is 1. The third kappa shape index (κ3) is 3.53. The number of carbonyl (C=O) groups excluding carboxylic acids is 1. The van der Waals surface area contributed by atoms with Crippen LogP contribution in [0.3, 0.4) is 0 Å². The molecular formula is C24H32O5. The van der Waals surface area contributed by atoms with Gasteiger partial charge in [0, 0.05) is 5.41 Å². The molecule has 0 heterocycles. The lowest BCUT2D eigenvalue weighted by Gasteiger charge is -2.51. The van der Waals surface area contributed by atoms with Crippen molar-refractivity contribution in [3.05, 3.63) is 29.3 Å². The van der Waals surface area contributed by atoms with Crippen LogP contribution >= 0.6 is 0 Å². The average molecular weight is 401 g/mol. The van der Waals surface area contributed by atoms with Crippen LogP contribution in [0, 0.1) is 17.3 Å². The number of benzene rings is 1. The molecule has 0 radical (unpaired) electrons. The number of aliphatic carboxylic acids is 1. The summed E-state index contributed by atoms with van der Waals surface area (Å²) in [6, 6.07) is 6.56. The quantitative estimate of drug-likeness (QED) is 0.700. The molecule has 0 aliphatic heterocycles. The van der Waals surface area contributed by atoms with Crippen molar-refractivity contribution in [2.45, 2.75) is 76.7 Å². The van der Waals surface area contributed by atoms with Crippen molar-refractivity contribution in [3.8, 4) is 5.75 Å². The van der Waals surface area contributed by atoms with Gasteiger partial charge in [-0.05, 0) is 86.0 Å². The van der Waals surface area contributed by atoms with E-state index in [4.69, 9.17) is 14.6 Å². The van der Waals surface area contributed by atoms with Crippen molar-refractivity contribution < 1.29 is 24.2 Å². The molecule has 1 aromatic rings. The Morgan fingerprint density at radius 2 is 2.00 bits per heavy atom. The first-order valence-corrected chi connectivity index (χ1v) is 11.1. The number of hydrogen-bond acceptors (Lipinski definition) is 4. The summed E-state index contributed by atoms with van der Waals surface area (Å²) in [6.45, 7) is 2.23. The predicted molar refractivity (Wildman–Crippen MR) is 109 cm³/mol. The minimum absolute atomic E-state index is 0.0302. The van der Waals surface area contributed by atoms with Gasteiger partial charge < -0.3 is 14.6 Å². The van der Waals surface area contributed by atoms with Gasteiger partial charge in [-0.25, -0.2) is 0 Å². The van der Waals surface area contributed by atoms with E-state index in [1.807, 2.05) is 0 Å². The van der Waals surface area contributed by atoms with Gasteiger partial charge in [-0.3, -0.25) is 9.59 Å². The molecule has 2 fully saturated rings. The summed E-state index contributed by atoms with van der Waals surface area (Å²) < 4.78 is 11.3. The van der Waals surface area contributed by atoms with E-state index in [-0.39, 0.29) is 30.3 Å². The maximum atomic E-state index is 12.2. The number of ether oxygens (including phenoxy) is 2. The largest absolute Gasteiger partial charge is 0.497 e. The fraction of sp³-hybridized carbons (Fsp3) is 0.667. The van der Waals surface area contributed by atoms with E-state index in [0.29, 0.717) is 17.8 Å². The highest BCUT2D eigenvalue weighted by molar-refractivity contribution is 5.76. The topological polar surface area (TPSA) is 72.8 Å². The second-order valence-electron chi connectivity index (χ2n) is 9.06. The molecule has 29 heavy (non-hydrogen) atoms. The summed E-state index contributed by atoms with van der Waals surface area (Å²) in [6.07, 6.45) is 7.30. The lowest BCUT2D eigenvalue weighted by molar-refractivity contribution is -0.160. The minimum atomic E-state index is -0.950. The summed E-state index contributed by atoms with van der Waals surface area (Å²) >= 11 is 0. The molecule has 4 rings (SSSR count). The van der Waals surface area contributed by atoms with Crippen molar-refractivity contribution in [1.29, 1.82) is 0 Å². The van der Waals surface area contributed by atoms with Crippen LogP contribution in [0.25, 0.3) is 0 Å². The standard InChI is InChI=1S/C24H32O5/c1-3-24-13-12-18-17-7-5-16(28-2)14-15(17)4-6-19(18)20(24)8-9-21(24)29-23(27)11-10-22(25)26/h5,7,14,18-21H,3-4,6,8-13H2,1-2H3,(H,25,26)/t18-,19+,20+,21+,24+/m1/s1. The number of fused-ring (bicyclic) bond motifs is 5. The average Bonchev–Trinajstić information content (AvgIpc) is 3.10. The van der Waals surface area contributed by atoms with Crippen LogP contribution in [-0.4, -0.2) is 30.3 Å². The van der Waals surface area contributed by atoms with Gasteiger partial charge in [0.2, 0.25) is 0 Å². The van der Waals surface area contributed by atoms with E-state index in [1.54, 1.807) is 7.11 Å². The van der Waals surface area contributed by atoms with Gasteiger partial charge in [0.05, 0.1) is 20.0 Å². The van der Waals surface area contributed by atoms with Crippen molar-refractivity contribution in [2.24, 2.45) is 17.3 Å². The van der Waals surface area contributed by atoms with Crippen LogP contribution in [0.5, 0.6) is 5.75 Å². The molecule has 5 atom stereocenters. The monoisotopic (exact) mass is 400 g/mol. The third-order valence-corrected chi connectivity index (χ3v) is 8.05. The highest BCUT2D eigenvalue weighted by Crippen LogP contribution is 2.63. The molecule has 0 bridgehead atoms. The zero-order chi connectivity index (χ0) is 20.6. The van der Waals surface area contributed by atoms with Gasteiger partial charge in [0.1, 0.15) is 11.9 Å². The molecule has 3 aliphatic carbocycles. The fourth-order valence-electron chi connectivity index (χ4n) is 6.72. The molecular weight excluding hydrogens is 368 g/mol. The van der Waals surface area contributed by atoms with E-state index in [2.05, 4.69) is 25.1 Å². The Kier molecular flexibility index (Phi) is 5.58. The van der Waals surface area contributed by atoms with Crippen LogP contribution in [0.15, 0.2) is 18.2 Å². The molecule has 0 unspecified atom stereocenters. The zero-order valence-electron chi connectivity index (χ0n) is 17.5. The summed E-state index contributed by atoms with van der Waals surface area (Å²) in [5, 5.41) is 8.83. The number of rotatable bonds is 6. The van der Waals surface area contributed by atoms with Gasteiger partial charge in [-0.1, -0.05) is 13.0 Å². The van der Waals surface area contributed by atoms with E-state index in [0.717, 1.165) is 44.3 Å². The van der Waals surface area contributed by atoms with Crippen LogP contribution in [-0.2, 0) is 20.7 Å². The molecule has 1 N–H and O–H groups in total. The van der Waals surface area contributed by atoms with Crippen molar-refractivity contribution in [2.75, 3.05) is 7.11 Å². The predicted octanol–water partition coefficient (Wildman–Crippen LogP) is 4.72. The number of carboxylic acid groups (broad SMARTS) is 1. The van der Waals surface area contributed by atoms with Crippen molar-refractivity contribution >= 4 is 11.9 Å². The zero-order valence-corrected chi connectivity index (χ0v) is 17.5. The summed E-state index contributed by atoms with van der Waals surface area (Å²) in [5.74, 6) is 1.46. The smallest absolute Gasteiger partial charge is 0.306 e. The maximum Gasteiger partial charge on any atom is 0.306 e. The Morgan fingerprint density at radius 3 is 2.72 bits per heavy atom.